The predicted octanol–water partition coefficient (Wildman–Crippen LogP) is 1.20. The SMILES string of the molecule is CC(CO)CNC(=O)c1ccnc(Br)c1. The van der Waals surface area contributed by atoms with Crippen LogP contribution < -0.4 is 5.32 Å². The van der Waals surface area contributed by atoms with Gasteiger partial charge in [0.2, 0.25) is 0 Å². The monoisotopic (exact) mass is 272 g/mol. The van der Waals surface area contributed by atoms with Crippen molar-refractivity contribution in [3.63, 3.8) is 0 Å². The zero-order valence-corrected chi connectivity index (χ0v) is 9.99. The quantitative estimate of drug-likeness (QED) is 0.810. The summed E-state index contributed by atoms with van der Waals surface area (Å²) in [6, 6.07) is 3.29. The minimum Gasteiger partial charge on any atom is -0.396 e. The zero-order valence-electron chi connectivity index (χ0n) is 8.40. The lowest BCUT2D eigenvalue weighted by molar-refractivity contribution is 0.0942. The van der Waals surface area contributed by atoms with Crippen LogP contribution in [0, 0.1) is 5.92 Å². The molecule has 1 heterocycles. The first kappa shape index (κ1) is 12.1. The summed E-state index contributed by atoms with van der Waals surface area (Å²) in [7, 11) is 0. The highest BCUT2D eigenvalue weighted by Gasteiger charge is 2.07. The molecule has 1 atom stereocenters. The molecule has 0 radical (unpaired) electrons. The average Bonchev–Trinajstić information content (AvgIpc) is 2.25. The number of nitrogens with zero attached hydrogens (tertiary/aromatic N) is 1. The molecule has 0 aliphatic heterocycles. The molecule has 82 valence electrons. The van der Waals surface area contributed by atoms with E-state index in [1.807, 2.05) is 6.92 Å². The number of amides is 1. The van der Waals surface area contributed by atoms with Crippen LogP contribution in [0.25, 0.3) is 0 Å². The smallest absolute Gasteiger partial charge is 0.251 e. The number of aromatic nitrogens is 1. The van der Waals surface area contributed by atoms with Gasteiger partial charge in [-0.2, -0.15) is 0 Å². The second-order valence-electron chi connectivity index (χ2n) is 3.37. The van der Waals surface area contributed by atoms with Crippen molar-refractivity contribution >= 4 is 21.8 Å². The van der Waals surface area contributed by atoms with Gasteiger partial charge in [0.05, 0.1) is 0 Å². The Bertz CT molecular complexity index is 344. The number of carbonyl (C=O) groups is 1. The molecule has 1 aromatic rings. The van der Waals surface area contributed by atoms with Crippen molar-refractivity contribution in [2.75, 3.05) is 13.2 Å². The highest BCUT2D eigenvalue weighted by molar-refractivity contribution is 9.10. The van der Waals surface area contributed by atoms with Crippen molar-refractivity contribution in [3.05, 3.63) is 28.5 Å². The minimum absolute atomic E-state index is 0.0687. The molecule has 0 aromatic carbocycles. The summed E-state index contributed by atoms with van der Waals surface area (Å²) in [5.41, 5.74) is 0.557. The van der Waals surface area contributed by atoms with Gasteiger partial charge in [-0.15, -0.1) is 0 Å². The van der Waals surface area contributed by atoms with Gasteiger partial charge >= 0.3 is 0 Å². The lowest BCUT2D eigenvalue weighted by Gasteiger charge is -2.09. The molecule has 15 heavy (non-hydrogen) atoms. The van der Waals surface area contributed by atoms with Crippen LogP contribution >= 0.6 is 15.9 Å². The molecule has 2 N–H and O–H groups in total. The van der Waals surface area contributed by atoms with Crippen molar-refractivity contribution in [1.82, 2.24) is 10.3 Å². The summed E-state index contributed by atoms with van der Waals surface area (Å²) >= 11 is 3.19. The molecular weight excluding hydrogens is 260 g/mol. The molecule has 0 fully saturated rings. The number of aliphatic hydroxyl groups excluding tert-OH is 1. The maximum absolute atomic E-state index is 11.6. The third kappa shape index (κ3) is 3.97. The fraction of sp³-hybridized carbons (Fsp3) is 0.400. The number of carbonyl (C=O) groups excluding carboxylic acids is 1. The molecule has 1 rings (SSSR count). The van der Waals surface area contributed by atoms with Gasteiger partial charge in [0, 0.05) is 24.9 Å². The van der Waals surface area contributed by atoms with E-state index in [4.69, 9.17) is 5.11 Å². The normalized spacial score (nSPS) is 12.2. The van der Waals surface area contributed by atoms with Gasteiger partial charge in [-0.1, -0.05) is 6.92 Å². The summed E-state index contributed by atoms with van der Waals surface area (Å²) < 4.78 is 0.630. The molecule has 4 nitrogen and oxygen atoms in total. The predicted molar refractivity (Wildman–Crippen MR) is 60.5 cm³/mol. The number of halogens is 1. The minimum atomic E-state index is -0.154. The molecule has 1 amide bonds. The largest absolute Gasteiger partial charge is 0.396 e. The Balaban J connectivity index is 2.54. The Morgan fingerprint density at radius 2 is 2.47 bits per heavy atom. The Morgan fingerprint density at radius 1 is 1.73 bits per heavy atom. The van der Waals surface area contributed by atoms with E-state index in [1.54, 1.807) is 18.3 Å². The lowest BCUT2D eigenvalue weighted by atomic mass is 10.2. The van der Waals surface area contributed by atoms with E-state index in [0.717, 1.165) is 0 Å². The van der Waals surface area contributed by atoms with Gasteiger partial charge in [0.25, 0.3) is 5.91 Å². The molecule has 5 heteroatoms. The second-order valence-corrected chi connectivity index (χ2v) is 4.18. The van der Waals surface area contributed by atoms with E-state index in [-0.39, 0.29) is 18.4 Å². The highest BCUT2D eigenvalue weighted by atomic mass is 79.9. The first-order valence-corrected chi connectivity index (χ1v) is 5.43. The van der Waals surface area contributed by atoms with E-state index in [1.165, 1.54) is 0 Å². The standard InChI is InChI=1S/C10H13BrN2O2/c1-7(6-14)5-13-10(15)8-2-3-12-9(11)4-8/h2-4,7,14H,5-6H2,1H3,(H,13,15). The third-order valence-electron chi connectivity index (χ3n) is 1.91. The maximum atomic E-state index is 11.6. The Labute approximate surface area is 96.8 Å². The first-order valence-electron chi connectivity index (χ1n) is 4.64. The van der Waals surface area contributed by atoms with E-state index in [9.17, 15) is 4.79 Å². The summed E-state index contributed by atoms with van der Waals surface area (Å²) in [4.78, 5) is 15.5. The van der Waals surface area contributed by atoms with Crippen LogP contribution in [0.5, 0.6) is 0 Å². The topological polar surface area (TPSA) is 62.2 Å². The molecule has 0 aliphatic rings. The molecule has 0 saturated heterocycles. The molecule has 0 bridgehead atoms. The Morgan fingerprint density at radius 3 is 3.07 bits per heavy atom. The Kier molecular flexibility index (Phi) is 4.71. The molecule has 0 saturated carbocycles. The molecule has 0 aliphatic carbocycles. The fourth-order valence-electron chi connectivity index (χ4n) is 0.977. The van der Waals surface area contributed by atoms with Gasteiger partial charge in [-0.05, 0) is 34.0 Å². The zero-order chi connectivity index (χ0) is 11.3. The highest BCUT2D eigenvalue weighted by Crippen LogP contribution is 2.07. The average molecular weight is 273 g/mol. The summed E-state index contributed by atoms with van der Waals surface area (Å²) in [5, 5.41) is 11.5. The third-order valence-corrected chi connectivity index (χ3v) is 2.35. The number of pyridine rings is 1. The van der Waals surface area contributed by atoms with Gasteiger partial charge in [-0.3, -0.25) is 4.79 Å². The van der Waals surface area contributed by atoms with E-state index in [0.29, 0.717) is 16.7 Å². The van der Waals surface area contributed by atoms with Crippen molar-refractivity contribution in [1.29, 1.82) is 0 Å². The van der Waals surface area contributed by atoms with Crippen LogP contribution in [0.1, 0.15) is 17.3 Å². The van der Waals surface area contributed by atoms with Gasteiger partial charge in [-0.25, -0.2) is 4.98 Å². The molecule has 1 unspecified atom stereocenters. The number of hydrogen-bond acceptors (Lipinski definition) is 3. The first-order chi connectivity index (χ1) is 7.13. The van der Waals surface area contributed by atoms with Crippen molar-refractivity contribution in [2.45, 2.75) is 6.92 Å². The summed E-state index contributed by atoms with van der Waals surface area (Å²) in [6.07, 6.45) is 1.56. The maximum Gasteiger partial charge on any atom is 0.251 e. The van der Waals surface area contributed by atoms with Crippen LogP contribution in [-0.4, -0.2) is 29.1 Å². The molecule has 1 aromatic heterocycles. The van der Waals surface area contributed by atoms with Crippen LogP contribution in [0.4, 0.5) is 0 Å². The molecule has 0 spiro atoms. The van der Waals surface area contributed by atoms with Crippen LogP contribution in [0.2, 0.25) is 0 Å². The van der Waals surface area contributed by atoms with E-state index in [2.05, 4.69) is 26.2 Å². The number of nitrogens with one attached hydrogen (secondary N) is 1. The number of hydrogen-bond donors (Lipinski definition) is 2. The van der Waals surface area contributed by atoms with Gasteiger partial charge < -0.3 is 10.4 Å². The number of rotatable bonds is 4. The van der Waals surface area contributed by atoms with Crippen LogP contribution in [0.15, 0.2) is 22.9 Å². The second kappa shape index (κ2) is 5.82. The van der Waals surface area contributed by atoms with E-state index >= 15 is 0 Å². The van der Waals surface area contributed by atoms with Crippen molar-refractivity contribution in [2.24, 2.45) is 5.92 Å². The van der Waals surface area contributed by atoms with Crippen LogP contribution in [-0.2, 0) is 0 Å². The summed E-state index contributed by atoms with van der Waals surface area (Å²) in [5.74, 6) is -0.0855. The van der Waals surface area contributed by atoms with Gasteiger partial charge in [0.15, 0.2) is 0 Å². The van der Waals surface area contributed by atoms with Crippen LogP contribution in [0.3, 0.4) is 0 Å². The lowest BCUT2D eigenvalue weighted by Crippen LogP contribution is -2.29. The van der Waals surface area contributed by atoms with Crippen molar-refractivity contribution in [3.8, 4) is 0 Å². The summed E-state index contributed by atoms with van der Waals surface area (Å²) in [6.45, 7) is 2.40. The Hall–Kier alpha value is -0.940. The van der Waals surface area contributed by atoms with Crippen molar-refractivity contribution < 1.29 is 9.90 Å². The fourth-order valence-corrected chi connectivity index (χ4v) is 1.34. The van der Waals surface area contributed by atoms with Gasteiger partial charge in [0.1, 0.15) is 4.60 Å². The number of aliphatic hydroxyl groups is 1. The van der Waals surface area contributed by atoms with E-state index < -0.39 is 0 Å². The molecular formula is C10H13BrN2O2.